The molecule has 144 valence electrons. The third-order valence-corrected chi connectivity index (χ3v) is 5.79. The second-order valence-electron chi connectivity index (χ2n) is 7.49. The van der Waals surface area contributed by atoms with Crippen molar-refractivity contribution < 1.29 is 14.1 Å². The molecule has 5 rings (SSSR count). The van der Waals surface area contributed by atoms with Gasteiger partial charge in [0.15, 0.2) is 0 Å². The number of carbonyl (C=O) groups is 2. The van der Waals surface area contributed by atoms with Gasteiger partial charge in [-0.3, -0.25) is 14.3 Å². The lowest BCUT2D eigenvalue weighted by molar-refractivity contribution is -0.140. The molecule has 2 bridgehead atoms. The summed E-state index contributed by atoms with van der Waals surface area (Å²) in [4.78, 5) is 29.7. The van der Waals surface area contributed by atoms with E-state index >= 15 is 0 Å². The maximum Gasteiger partial charge on any atom is 0.257 e. The lowest BCUT2D eigenvalue weighted by Crippen LogP contribution is -2.47. The van der Waals surface area contributed by atoms with E-state index in [-0.39, 0.29) is 23.8 Å². The molecule has 3 fully saturated rings. The lowest BCUT2D eigenvalue weighted by Gasteiger charge is -2.35. The van der Waals surface area contributed by atoms with Crippen molar-refractivity contribution in [1.82, 2.24) is 24.7 Å². The Kier molecular flexibility index (Phi) is 4.49. The lowest BCUT2D eigenvalue weighted by atomic mass is 9.93. The number of piperidine rings is 1. The van der Waals surface area contributed by atoms with Gasteiger partial charge in [-0.05, 0) is 33.6 Å². The summed E-state index contributed by atoms with van der Waals surface area (Å²) in [6.07, 6.45) is 5.14. The molecular formula is C19H25N5O3. The van der Waals surface area contributed by atoms with Gasteiger partial charge in [0.25, 0.3) is 5.91 Å². The van der Waals surface area contributed by atoms with Crippen LogP contribution in [0.2, 0.25) is 0 Å². The zero-order chi connectivity index (χ0) is 19.1. The first-order chi connectivity index (χ1) is 13.0. The fraction of sp³-hybridized carbons (Fsp3) is 0.579. The summed E-state index contributed by atoms with van der Waals surface area (Å²) in [5.41, 5.74) is 2.38. The van der Waals surface area contributed by atoms with Gasteiger partial charge in [0, 0.05) is 37.4 Å². The van der Waals surface area contributed by atoms with Crippen LogP contribution in [0.3, 0.4) is 0 Å². The predicted molar refractivity (Wildman–Crippen MR) is 96.8 cm³/mol. The molecule has 0 radical (unpaired) electrons. The summed E-state index contributed by atoms with van der Waals surface area (Å²) in [5.74, 6) is 0.694. The Labute approximate surface area is 158 Å². The zero-order valence-corrected chi connectivity index (χ0v) is 16.0. The summed E-state index contributed by atoms with van der Waals surface area (Å²) >= 11 is 0. The minimum absolute atomic E-state index is 0.0233. The molecule has 0 unspecified atom stereocenters. The molecule has 27 heavy (non-hydrogen) atoms. The average Bonchev–Trinajstić information content (AvgIpc) is 3.15. The van der Waals surface area contributed by atoms with Gasteiger partial charge >= 0.3 is 0 Å². The number of nitrogens with zero attached hydrogens (tertiary/aromatic N) is 5. The molecule has 8 nitrogen and oxygen atoms in total. The van der Waals surface area contributed by atoms with Gasteiger partial charge in [-0.1, -0.05) is 5.16 Å². The van der Waals surface area contributed by atoms with E-state index in [1.54, 1.807) is 17.1 Å². The zero-order valence-electron chi connectivity index (χ0n) is 16.0. The van der Waals surface area contributed by atoms with Crippen molar-refractivity contribution in [3.8, 4) is 0 Å². The average molecular weight is 371 g/mol. The monoisotopic (exact) mass is 371 g/mol. The molecule has 0 aliphatic carbocycles. The summed E-state index contributed by atoms with van der Waals surface area (Å²) in [6.45, 7) is 8.01. The van der Waals surface area contributed by atoms with E-state index in [0.717, 1.165) is 36.4 Å². The van der Waals surface area contributed by atoms with E-state index in [1.807, 2.05) is 30.6 Å². The quantitative estimate of drug-likeness (QED) is 0.818. The number of fused-ring (bicyclic) bond motifs is 4. The van der Waals surface area contributed by atoms with Gasteiger partial charge in [0.1, 0.15) is 5.76 Å². The molecule has 3 saturated heterocycles. The van der Waals surface area contributed by atoms with Gasteiger partial charge in [-0.15, -0.1) is 0 Å². The molecule has 0 aromatic carbocycles. The van der Waals surface area contributed by atoms with Crippen LogP contribution in [0, 0.1) is 19.8 Å². The topological polar surface area (TPSA) is 84.5 Å². The number of aromatic nitrogens is 3. The number of hydrogen-bond acceptors (Lipinski definition) is 5. The number of carbonyl (C=O) groups excluding carboxylic acids is 2. The van der Waals surface area contributed by atoms with Gasteiger partial charge in [0.05, 0.1) is 29.9 Å². The number of hydrogen-bond donors (Lipinski definition) is 0. The third-order valence-electron chi connectivity index (χ3n) is 5.79. The second-order valence-corrected chi connectivity index (χ2v) is 7.49. The number of rotatable bonds is 4. The van der Waals surface area contributed by atoms with E-state index in [4.69, 9.17) is 4.52 Å². The Morgan fingerprint density at radius 3 is 2.78 bits per heavy atom. The van der Waals surface area contributed by atoms with Crippen LogP contribution in [0.25, 0.3) is 0 Å². The molecular weight excluding hydrogens is 346 g/mol. The molecule has 3 aliphatic heterocycles. The van der Waals surface area contributed by atoms with Gasteiger partial charge in [-0.2, -0.15) is 5.10 Å². The van der Waals surface area contributed by atoms with Crippen molar-refractivity contribution in [3.63, 3.8) is 0 Å². The largest absolute Gasteiger partial charge is 0.361 e. The molecule has 0 spiro atoms. The van der Waals surface area contributed by atoms with Crippen molar-refractivity contribution in [3.05, 3.63) is 35.0 Å². The molecule has 5 heterocycles. The van der Waals surface area contributed by atoms with Crippen LogP contribution in [0.5, 0.6) is 0 Å². The Morgan fingerprint density at radius 2 is 2.11 bits per heavy atom. The first-order valence-corrected chi connectivity index (χ1v) is 9.51. The highest BCUT2D eigenvalue weighted by Gasteiger charge is 2.42. The molecule has 8 heteroatoms. The Morgan fingerprint density at radius 1 is 1.30 bits per heavy atom. The highest BCUT2D eigenvalue weighted by atomic mass is 16.5. The molecule has 2 aromatic rings. The van der Waals surface area contributed by atoms with E-state index in [1.165, 1.54) is 0 Å². The second kappa shape index (κ2) is 6.83. The van der Waals surface area contributed by atoms with Crippen LogP contribution in [-0.4, -0.2) is 55.7 Å². The normalized spacial score (nSPS) is 22.4. The van der Waals surface area contributed by atoms with E-state index in [9.17, 15) is 9.59 Å². The fourth-order valence-corrected chi connectivity index (χ4v) is 4.14. The molecule has 3 aliphatic rings. The Bertz CT molecular complexity index is 851. The maximum absolute atomic E-state index is 13.0. The van der Waals surface area contributed by atoms with Crippen LogP contribution in [0.1, 0.15) is 47.1 Å². The van der Waals surface area contributed by atoms with Gasteiger partial charge in [0.2, 0.25) is 5.91 Å². The van der Waals surface area contributed by atoms with Crippen LogP contribution in [0.15, 0.2) is 16.9 Å². The number of amides is 2. The van der Waals surface area contributed by atoms with Crippen molar-refractivity contribution in [2.24, 2.45) is 5.92 Å². The van der Waals surface area contributed by atoms with Crippen LogP contribution in [0.4, 0.5) is 0 Å². The molecule has 2 atom stereocenters. The summed E-state index contributed by atoms with van der Waals surface area (Å²) in [7, 11) is 0. The standard InChI is InChI=1S/C19H25N5O3/c1-4-23-9-15(7-20-23)18(25)22-8-14-5-6-16(10-22)24(19(14)26)11-17-12(2)21-27-13(17)3/h7,9,14,16H,4-6,8,10-11H2,1-3H3/t14-,16+/m1/s1. The summed E-state index contributed by atoms with van der Waals surface area (Å²) in [6, 6.07) is 0.0233. The van der Waals surface area contributed by atoms with E-state index < -0.39 is 0 Å². The SMILES string of the molecule is CCn1cc(C(=O)N2C[C@H]3CC[C@@H](C2)N(Cc2c(C)noc2C)C3=O)cn1. The van der Waals surface area contributed by atoms with Crippen LogP contribution < -0.4 is 0 Å². The first-order valence-electron chi connectivity index (χ1n) is 9.51. The minimum atomic E-state index is -0.144. The van der Waals surface area contributed by atoms with Crippen molar-refractivity contribution in [1.29, 1.82) is 0 Å². The predicted octanol–water partition coefficient (Wildman–Crippen LogP) is 1.77. The fourth-order valence-electron chi connectivity index (χ4n) is 4.14. The highest BCUT2D eigenvalue weighted by Crippen LogP contribution is 2.32. The van der Waals surface area contributed by atoms with Crippen molar-refractivity contribution >= 4 is 11.8 Å². The minimum Gasteiger partial charge on any atom is -0.361 e. The smallest absolute Gasteiger partial charge is 0.257 e. The van der Waals surface area contributed by atoms with Gasteiger partial charge < -0.3 is 14.3 Å². The van der Waals surface area contributed by atoms with Crippen LogP contribution in [-0.2, 0) is 17.9 Å². The van der Waals surface area contributed by atoms with Crippen LogP contribution >= 0.6 is 0 Å². The first kappa shape index (κ1) is 17.8. The van der Waals surface area contributed by atoms with E-state index in [0.29, 0.717) is 25.2 Å². The summed E-state index contributed by atoms with van der Waals surface area (Å²) in [5, 5.41) is 8.20. The third kappa shape index (κ3) is 3.13. The Hall–Kier alpha value is -2.64. The molecule has 0 saturated carbocycles. The summed E-state index contributed by atoms with van der Waals surface area (Å²) < 4.78 is 7.00. The van der Waals surface area contributed by atoms with E-state index in [2.05, 4.69) is 10.3 Å². The number of aryl methyl sites for hydroxylation is 3. The maximum atomic E-state index is 13.0. The molecule has 0 N–H and O–H groups in total. The van der Waals surface area contributed by atoms with Gasteiger partial charge in [-0.25, -0.2) is 0 Å². The molecule has 2 amide bonds. The highest BCUT2D eigenvalue weighted by molar-refractivity contribution is 5.94. The Balaban J connectivity index is 1.56. The van der Waals surface area contributed by atoms with Crippen molar-refractivity contribution in [2.45, 2.75) is 52.7 Å². The molecule has 2 aromatic heterocycles. The van der Waals surface area contributed by atoms with Crippen molar-refractivity contribution in [2.75, 3.05) is 13.1 Å².